The molecule has 1 heterocycles. The summed E-state index contributed by atoms with van der Waals surface area (Å²) >= 11 is 0. The second-order valence-electron chi connectivity index (χ2n) is 1.70. The van der Waals surface area contributed by atoms with Gasteiger partial charge in [0.25, 0.3) is 0 Å². The van der Waals surface area contributed by atoms with Gasteiger partial charge in [0.15, 0.2) is 0 Å². The Labute approximate surface area is 58.8 Å². The average molecular weight is 136 g/mol. The molecule has 2 N–H and O–H groups in total. The van der Waals surface area contributed by atoms with Crippen LogP contribution in [0.1, 0.15) is 5.82 Å². The minimum Gasteiger partial charge on any atom is -0.324 e. The fourth-order valence-corrected chi connectivity index (χ4v) is 0.570. The fourth-order valence-electron chi connectivity index (χ4n) is 0.570. The van der Waals surface area contributed by atoms with Crippen LogP contribution in [0.15, 0.2) is 23.6 Å². The lowest BCUT2D eigenvalue weighted by Gasteiger charge is -1.89. The molecule has 0 aliphatic heterocycles. The van der Waals surface area contributed by atoms with Crippen LogP contribution < -0.4 is 5.84 Å². The van der Waals surface area contributed by atoms with Crippen LogP contribution in [0.3, 0.4) is 0 Å². The highest BCUT2D eigenvalue weighted by atomic mass is 15.1. The maximum absolute atomic E-state index is 4.89. The molecular formula is C6H8N4. The van der Waals surface area contributed by atoms with Crippen molar-refractivity contribution in [3.8, 4) is 0 Å². The molecular weight excluding hydrogens is 128 g/mol. The van der Waals surface area contributed by atoms with Crippen LogP contribution in [0.25, 0.3) is 0 Å². The summed E-state index contributed by atoms with van der Waals surface area (Å²) < 4.78 is 0. The Morgan fingerprint density at radius 3 is 2.80 bits per heavy atom. The van der Waals surface area contributed by atoms with E-state index in [1.807, 2.05) is 0 Å². The zero-order valence-corrected chi connectivity index (χ0v) is 5.44. The number of nitrogens with two attached hydrogens (primary N) is 1. The molecule has 0 unspecified atom stereocenters. The lowest BCUT2D eigenvalue weighted by atomic mass is 10.4. The highest BCUT2D eigenvalue weighted by molar-refractivity contribution is 5.59. The minimum atomic E-state index is 0.595. The number of hydrazone groups is 1. The van der Waals surface area contributed by atoms with E-state index in [-0.39, 0.29) is 0 Å². The number of rotatable bonds is 2. The third-order valence-corrected chi connectivity index (χ3v) is 0.999. The lowest BCUT2D eigenvalue weighted by molar-refractivity contribution is 1.01. The molecule has 0 aromatic carbocycles. The van der Waals surface area contributed by atoms with Gasteiger partial charge >= 0.3 is 0 Å². The molecule has 0 amide bonds. The molecule has 0 radical (unpaired) electrons. The van der Waals surface area contributed by atoms with Gasteiger partial charge in [0.2, 0.25) is 0 Å². The van der Waals surface area contributed by atoms with Crippen LogP contribution in [0.5, 0.6) is 0 Å². The largest absolute Gasteiger partial charge is 0.324 e. The first-order valence-electron chi connectivity index (χ1n) is 2.91. The molecule has 4 heteroatoms. The van der Waals surface area contributed by atoms with Crippen molar-refractivity contribution in [2.45, 2.75) is 6.42 Å². The van der Waals surface area contributed by atoms with Crippen molar-refractivity contribution in [2.75, 3.05) is 0 Å². The van der Waals surface area contributed by atoms with Gasteiger partial charge in [-0.25, -0.2) is 9.97 Å². The first kappa shape index (κ1) is 6.67. The van der Waals surface area contributed by atoms with Crippen molar-refractivity contribution in [3.63, 3.8) is 0 Å². The summed E-state index contributed by atoms with van der Waals surface area (Å²) in [6, 6.07) is 1.77. The number of nitrogens with zero attached hydrogens (tertiary/aromatic N) is 3. The van der Waals surface area contributed by atoms with E-state index >= 15 is 0 Å². The van der Waals surface area contributed by atoms with Gasteiger partial charge in [-0.15, -0.1) is 0 Å². The Balaban J connectivity index is 2.59. The number of hydrogen-bond donors (Lipinski definition) is 1. The maximum atomic E-state index is 4.89. The first-order chi connectivity index (χ1) is 4.93. The molecule has 0 bridgehead atoms. The predicted molar refractivity (Wildman–Crippen MR) is 38.4 cm³/mol. The van der Waals surface area contributed by atoms with Crippen LogP contribution in [0, 0.1) is 0 Å². The monoisotopic (exact) mass is 136 g/mol. The molecule has 0 fully saturated rings. The van der Waals surface area contributed by atoms with E-state index in [2.05, 4.69) is 15.1 Å². The van der Waals surface area contributed by atoms with Crippen molar-refractivity contribution >= 4 is 6.21 Å². The molecule has 1 aromatic rings. The summed E-state index contributed by atoms with van der Waals surface area (Å²) in [5.74, 6) is 5.62. The van der Waals surface area contributed by atoms with E-state index < -0.39 is 0 Å². The number of aromatic nitrogens is 2. The van der Waals surface area contributed by atoms with Gasteiger partial charge in [0.05, 0.1) is 0 Å². The van der Waals surface area contributed by atoms with E-state index in [0.29, 0.717) is 6.42 Å². The highest BCUT2D eigenvalue weighted by Gasteiger charge is 1.87. The van der Waals surface area contributed by atoms with Gasteiger partial charge in [0, 0.05) is 25.0 Å². The van der Waals surface area contributed by atoms with Crippen molar-refractivity contribution in [1.29, 1.82) is 0 Å². The van der Waals surface area contributed by atoms with Crippen molar-refractivity contribution in [2.24, 2.45) is 10.9 Å². The molecule has 1 rings (SSSR count). The Hall–Kier alpha value is -1.45. The Bertz CT molecular complexity index is 206. The molecule has 0 aliphatic carbocycles. The SMILES string of the molecule is NN=CCc1ncccn1. The minimum absolute atomic E-state index is 0.595. The molecule has 52 valence electrons. The van der Waals surface area contributed by atoms with Crippen LogP contribution >= 0.6 is 0 Å². The standard InChI is InChI=1S/C6H8N4/c7-10-5-2-6-8-3-1-4-9-6/h1,3-5H,2,7H2. The third-order valence-electron chi connectivity index (χ3n) is 0.999. The molecule has 0 atom stereocenters. The van der Waals surface area contributed by atoms with E-state index in [1.54, 1.807) is 24.7 Å². The van der Waals surface area contributed by atoms with Crippen LogP contribution in [0.4, 0.5) is 0 Å². The highest BCUT2D eigenvalue weighted by Crippen LogP contribution is 1.84. The average Bonchev–Trinajstić information content (AvgIpc) is 2.03. The molecule has 10 heavy (non-hydrogen) atoms. The summed E-state index contributed by atoms with van der Waals surface area (Å²) in [6.45, 7) is 0. The smallest absolute Gasteiger partial charge is 0.133 e. The second-order valence-corrected chi connectivity index (χ2v) is 1.70. The van der Waals surface area contributed by atoms with Gasteiger partial charge < -0.3 is 5.84 Å². The molecule has 0 aliphatic rings. The first-order valence-corrected chi connectivity index (χ1v) is 2.91. The third kappa shape index (κ3) is 1.81. The van der Waals surface area contributed by atoms with Gasteiger partial charge in [-0.1, -0.05) is 0 Å². The van der Waals surface area contributed by atoms with E-state index in [9.17, 15) is 0 Å². The van der Waals surface area contributed by atoms with Crippen LogP contribution in [-0.4, -0.2) is 16.2 Å². The quantitative estimate of drug-likeness (QED) is 0.352. The van der Waals surface area contributed by atoms with Crippen molar-refractivity contribution in [3.05, 3.63) is 24.3 Å². The normalized spacial score (nSPS) is 10.4. The molecule has 1 aromatic heterocycles. The molecule has 0 spiro atoms. The summed E-state index contributed by atoms with van der Waals surface area (Å²) in [7, 11) is 0. The summed E-state index contributed by atoms with van der Waals surface area (Å²) in [4.78, 5) is 7.92. The second kappa shape index (κ2) is 3.55. The summed E-state index contributed by atoms with van der Waals surface area (Å²) in [5.41, 5.74) is 0. The predicted octanol–water partition coefficient (Wildman–Crippen LogP) is -0.0364. The molecule has 0 saturated heterocycles. The lowest BCUT2D eigenvalue weighted by Crippen LogP contribution is -1.95. The topological polar surface area (TPSA) is 64.2 Å². The van der Waals surface area contributed by atoms with Gasteiger partial charge in [0.1, 0.15) is 5.82 Å². The van der Waals surface area contributed by atoms with Crippen molar-refractivity contribution in [1.82, 2.24) is 9.97 Å². The maximum Gasteiger partial charge on any atom is 0.133 e. The molecule has 0 saturated carbocycles. The van der Waals surface area contributed by atoms with Crippen LogP contribution in [-0.2, 0) is 6.42 Å². The van der Waals surface area contributed by atoms with Gasteiger partial charge in [-0.3, -0.25) is 0 Å². The Morgan fingerprint density at radius 1 is 1.50 bits per heavy atom. The Kier molecular flexibility index (Phi) is 2.37. The van der Waals surface area contributed by atoms with E-state index in [4.69, 9.17) is 5.84 Å². The van der Waals surface area contributed by atoms with Gasteiger partial charge in [-0.05, 0) is 6.07 Å². The van der Waals surface area contributed by atoms with E-state index in [1.165, 1.54) is 0 Å². The van der Waals surface area contributed by atoms with Gasteiger partial charge in [-0.2, -0.15) is 5.10 Å². The summed E-state index contributed by atoms with van der Waals surface area (Å²) in [6.07, 6.45) is 5.53. The number of hydrogen-bond acceptors (Lipinski definition) is 4. The van der Waals surface area contributed by atoms with E-state index in [0.717, 1.165) is 5.82 Å². The van der Waals surface area contributed by atoms with Crippen LogP contribution in [0.2, 0.25) is 0 Å². The fraction of sp³-hybridized carbons (Fsp3) is 0.167. The zero-order chi connectivity index (χ0) is 7.23. The zero-order valence-electron chi connectivity index (χ0n) is 5.44. The summed E-state index contributed by atoms with van der Waals surface area (Å²) in [5, 5.41) is 3.33. The molecule has 4 nitrogen and oxygen atoms in total. The Morgan fingerprint density at radius 2 is 2.20 bits per heavy atom. The van der Waals surface area contributed by atoms with Crippen molar-refractivity contribution < 1.29 is 0 Å².